The first kappa shape index (κ1) is 19.1. The maximum absolute atomic E-state index is 13.3. The fraction of sp³-hybridized carbons (Fsp3) is 0.353. The zero-order chi connectivity index (χ0) is 18.8. The van der Waals surface area contributed by atoms with Gasteiger partial charge in [-0.2, -0.15) is 13.2 Å². The lowest BCUT2D eigenvalue weighted by atomic mass is 10.0. The van der Waals surface area contributed by atoms with Gasteiger partial charge in [0, 0.05) is 23.7 Å². The van der Waals surface area contributed by atoms with Crippen LogP contribution in [0.15, 0.2) is 24.3 Å². The molecule has 0 aliphatic rings. The highest BCUT2D eigenvalue weighted by Crippen LogP contribution is 2.35. The van der Waals surface area contributed by atoms with Gasteiger partial charge in [0.05, 0.1) is 11.1 Å². The highest BCUT2D eigenvalue weighted by Gasteiger charge is 2.33. The van der Waals surface area contributed by atoms with E-state index in [-0.39, 0.29) is 22.4 Å². The number of carbonyl (C=O) groups is 1. The number of aliphatic carboxylic acids is 1. The second kappa shape index (κ2) is 7.35. The molecular formula is C17H17F3N2O2S. The smallest absolute Gasteiger partial charge is 0.418 e. The molecule has 0 unspecified atom stereocenters. The van der Waals surface area contributed by atoms with Gasteiger partial charge in [-0.1, -0.05) is 37.7 Å². The molecule has 8 heteroatoms. The summed E-state index contributed by atoms with van der Waals surface area (Å²) in [5.41, 5.74) is -0.110. The largest absolute Gasteiger partial charge is 0.480 e. The number of hydrogen-bond donors (Lipinski definition) is 1. The lowest BCUT2D eigenvalue weighted by molar-refractivity contribution is -0.137. The Morgan fingerprint density at radius 1 is 1.36 bits per heavy atom. The second-order valence-corrected chi connectivity index (χ2v) is 6.05. The quantitative estimate of drug-likeness (QED) is 0.809. The maximum atomic E-state index is 13.3. The van der Waals surface area contributed by atoms with Gasteiger partial charge in [-0.15, -0.1) is 0 Å². The van der Waals surface area contributed by atoms with Gasteiger partial charge in [0.1, 0.15) is 11.5 Å². The first-order valence-electron chi connectivity index (χ1n) is 7.62. The van der Waals surface area contributed by atoms with Crippen LogP contribution in [0.1, 0.15) is 30.2 Å². The summed E-state index contributed by atoms with van der Waals surface area (Å²) in [5.74, 6) is -1.08. The standard InChI is InChI=1S/C17H17F3N2O2S/c1-3-5-10-8-12(16(25)22(2)9-14(23)24)11-6-4-7-13(15(11)21-10)17(18,19)20/h4,6-8H,3,5,9H2,1-2H3,(H,23,24). The van der Waals surface area contributed by atoms with Crippen molar-refractivity contribution in [3.8, 4) is 0 Å². The molecule has 1 heterocycles. The first-order valence-corrected chi connectivity index (χ1v) is 8.03. The van der Waals surface area contributed by atoms with Gasteiger partial charge in [0.2, 0.25) is 0 Å². The number of pyridine rings is 1. The Hall–Kier alpha value is -2.22. The molecule has 1 N–H and O–H groups in total. The molecule has 0 aliphatic carbocycles. The Morgan fingerprint density at radius 3 is 2.60 bits per heavy atom. The molecule has 0 fully saturated rings. The number of aromatic nitrogens is 1. The highest BCUT2D eigenvalue weighted by molar-refractivity contribution is 7.80. The molecule has 0 saturated heterocycles. The molecule has 134 valence electrons. The molecule has 0 saturated carbocycles. The third kappa shape index (κ3) is 4.25. The van der Waals surface area contributed by atoms with Gasteiger partial charge in [-0.05, 0) is 18.6 Å². The van der Waals surface area contributed by atoms with Crippen molar-refractivity contribution < 1.29 is 23.1 Å². The topological polar surface area (TPSA) is 53.4 Å². The minimum Gasteiger partial charge on any atom is -0.480 e. The number of thiocarbonyl (C=S) groups is 1. The van der Waals surface area contributed by atoms with E-state index in [1.54, 1.807) is 6.07 Å². The number of hydrogen-bond acceptors (Lipinski definition) is 3. The van der Waals surface area contributed by atoms with Crippen LogP contribution >= 0.6 is 12.2 Å². The van der Waals surface area contributed by atoms with E-state index >= 15 is 0 Å². The molecule has 2 aromatic rings. The summed E-state index contributed by atoms with van der Waals surface area (Å²) in [7, 11) is 1.50. The minimum atomic E-state index is -4.54. The molecule has 0 spiro atoms. The SMILES string of the molecule is CCCc1cc(C(=S)N(C)CC(=O)O)c2cccc(C(F)(F)F)c2n1. The van der Waals surface area contributed by atoms with E-state index in [1.165, 1.54) is 24.1 Å². The molecule has 1 aromatic carbocycles. The van der Waals surface area contributed by atoms with Crippen LogP contribution in [0.3, 0.4) is 0 Å². The minimum absolute atomic E-state index is 0.165. The van der Waals surface area contributed by atoms with E-state index in [0.717, 1.165) is 6.07 Å². The molecule has 0 aliphatic heterocycles. The Morgan fingerprint density at radius 2 is 2.04 bits per heavy atom. The number of nitrogens with zero attached hydrogens (tertiary/aromatic N) is 2. The summed E-state index contributed by atoms with van der Waals surface area (Å²) in [4.78, 5) is 16.6. The molecule has 0 amide bonds. The van der Waals surface area contributed by atoms with Crippen molar-refractivity contribution in [3.63, 3.8) is 0 Å². The van der Waals surface area contributed by atoms with Crippen molar-refractivity contribution in [2.75, 3.05) is 13.6 Å². The normalized spacial score (nSPS) is 11.6. The molecule has 0 radical (unpaired) electrons. The van der Waals surface area contributed by atoms with E-state index in [2.05, 4.69) is 4.98 Å². The van der Waals surface area contributed by atoms with Gasteiger partial charge in [0.25, 0.3) is 0 Å². The van der Waals surface area contributed by atoms with Crippen LogP contribution in [0.25, 0.3) is 10.9 Å². The molecule has 1 aromatic heterocycles. The van der Waals surface area contributed by atoms with Crippen LogP contribution in [0.2, 0.25) is 0 Å². The zero-order valence-corrected chi connectivity index (χ0v) is 14.5. The molecule has 4 nitrogen and oxygen atoms in total. The average Bonchev–Trinajstić information content (AvgIpc) is 2.51. The number of alkyl halides is 3. The molecule has 25 heavy (non-hydrogen) atoms. The van der Waals surface area contributed by atoms with Gasteiger partial charge < -0.3 is 10.0 Å². The number of carboxylic acids is 1. The van der Waals surface area contributed by atoms with Gasteiger partial charge in [-0.3, -0.25) is 9.78 Å². The Labute approximate surface area is 148 Å². The molecular weight excluding hydrogens is 353 g/mol. The predicted molar refractivity (Wildman–Crippen MR) is 92.7 cm³/mol. The highest BCUT2D eigenvalue weighted by atomic mass is 32.1. The van der Waals surface area contributed by atoms with Crippen molar-refractivity contribution in [1.29, 1.82) is 0 Å². The summed E-state index contributed by atoms with van der Waals surface area (Å²) < 4.78 is 40.0. The third-order valence-electron chi connectivity index (χ3n) is 3.65. The molecule has 0 bridgehead atoms. The van der Waals surface area contributed by atoms with E-state index in [1.807, 2.05) is 6.92 Å². The Bertz CT molecular complexity index is 821. The monoisotopic (exact) mass is 370 g/mol. The van der Waals surface area contributed by atoms with Crippen LogP contribution < -0.4 is 0 Å². The molecule has 0 atom stereocenters. The fourth-order valence-corrected chi connectivity index (χ4v) is 2.81. The van der Waals surface area contributed by atoms with E-state index in [0.29, 0.717) is 24.1 Å². The number of rotatable bonds is 5. The van der Waals surface area contributed by atoms with Crippen LogP contribution in [-0.2, 0) is 17.4 Å². The summed E-state index contributed by atoms with van der Waals surface area (Å²) in [6, 6.07) is 5.45. The number of carboxylic acid groups (broad SMARTS) is 1. The average molecular weight is 370 g/mol. The number of aryl methyl sites for hydroxylation is 1. The van der Waals surface area contributed by atoms with Crippen LogP contribution in [-0.4, -0.2) is 39.5 Å². The van der Waals surface area contributed by atoms with Crippen molar-refractivity contribution in [1.82, 2.24) is 9.88 Å². The number of benzene rings is 1. The summed E-state index contributed by atoms with van der Waals surface area (Å²) in [6.45, 7) is 1.56. The van der Waals surface area contributed by atoms with Crippen molar-refractivity contribution >= 4 is 34.1 Å². The third-order valence-corrected chi connectivity index (χ3v) is 4.19. The number of halogens is 3. The number of para-hydroxylation sites is 1. The second-order valence-electron chi connectivity index (χ2n) is 5.67. The van der Waals surface area contributed by atoms with Crippen molar-refractivity contribution in [2.45, 2.75) is 25.9 Å². The zero-order valence-electron chi connectivity index (χ0n) is 13.7. The molecule has 2 rings (SSSR count). The van der Waals surface area contributed by atoms with Gasteiger partial charge >= 0.3 is 12.1 Å². The Kier molecular flexibility index (Phi) is 5.62. The Balaban J connectivity index is 2.70. The van der Waals surface area contributed by atoms with E-state index in [9.17, 15) is 18.0 Å². The predicted octanol–water partition coefficient (Wildman–Crippen LogP) is 3.90. The first-order chi connectivity index (χ1) is 11.6. The van der Waals surface area contributed by atoms with Gasteiger partial charge in [0.15, 0.2) is 0 Å². The van der Waals surface area contributed by atoms with E-state index < -0.39 is 17.7 Å². The van der Waals surface area contributed by atoms with Crippen LogP contribution in [0.5, 0.6) is 0 Å². The van der Waals surface area contributed by atoms with Crippen LogP contribution in [0, 0.1) is 0 Å². The lowest BCUT2D eigenvalue weighted by Gasteiger charge is -2.20. The summed E-state index contributed by atoms with van der Waals surface area (Å²) in [5, 5.41) is 9.18. The van der Waals surface area contributed by atoms with Crippen molar-refractivity contribution in [2.24, 2.45) is 0 Å². The fourth-order valence-electron chi connectivity index (χ4n) is 2.57. The number of fused-ring (bicyclic) bond motifs is 1. The maximum Gasteiger partial charge on any atom is 0.418 e. The van der Waals surface area contributed by atoms with Gasteiger partial charge in [-0.25, -0.2) is 0 Å². The number of likely N-dealkylation sites (N-methyl/N-ethyl adjacent to an activating group) is 1. The lowest BCUT2D eigenvalue weighted by Crippen LogP contribution is -2.31. The summed E-state index contributed by atoms with van der Waals surface area (Å²) in [6.07, 6.45) is -3.33. The van der Waals surface area contributed by atoms with E-state index in [4.69, 9.17) is 17.3 Å². The van der Waals surface area contributed by atoms with Crippen LogP contribution in [0.4, 0.5) is 13.2 Å². The summed E-state index contributed by atoms with van der Waals surface area (Å²) >= 11 is 5.32. The van der Waals surface area contributed by atoms with Crippen molar-refractivity contribution in [3.05, 3.63) is 41.1 Å².